The Bertz CT molecular complexity index is 193. The van der Waals surface area contributed by atoms with Gasteiger partial charge in [-0.15, -0.1) is 0 Å². The fraction of sp³-hybridized carbons (Fsp3) is 0.700. The van der Waals surface area contributed by atoms with E-state index in [9.17, 15) is 10.2 Å². The van der Waals surface area contributed by atoms with Gasteiger partial charge in [0, 0.05) is 86.5 Å². The van der Waals surface area contributed by atoms with Gasteiger partial charge in [0.1, 0.15) is 12.2 Å². The van der Waals surface area contributed by atoms with E-state index in [1.54, 1.807) is 6.08 Å². The third-order valence-corrected chi connectivity index (χ3v) is 2.40. The van der Waals surface area contributed by atoms with Gasteiger partial charge in [-0.25, -0.2) is 19.1 Å². The maximum Gasteiger partial charge on any atom is 0.108 e. The Hall–Kier alpha value is 2.39. The van der Waals surface area contributed by atoms with Crippen LogP contribution < -0.4 is 0 Å². The summed E-state index contributed by atoms with van der Waals surface area (Å²) >= 11 is 0. The molecule has 0 saturated carbocycles. The molecule has 1 rings (SSSR count). The van der Waals surface area contributed by atoms with Crippen LogP contribution in [-0.4, -0.2) is 34.6 Å². The second kappa shape index (κ2) is 12.4. The van der Waals surface area contributed by atoms with Crippen molar-refractivity contribution >= 4 is 0 Å². The van der Waals surface area contributed by atoms with E-state index in [-0.39, 0.29) is 98.7 Å². The van der Waals surface area contributed by atoms with Gasteiger partial charge in [-0.2, -0.15) is 0 Å². The van der Waals surface area contributed by atoms with Crippen LogP contribution in [0.2, 0.25) is 0 Å². The van der Waals surface area contributed by atoms with Crippen molar-refractivity contribution in [3.8, 4) is 0 Å². The molecule has 1 fully saturated rings. The molecule has 0 aliphatic carbocycles. The van der Waals surface area contributed by atoms with Crippen molar-refractivity contribution in [1.29, 1.82) is 0 Å². The van der Waals surface area contributed by atoms with Gasteiger partial charge in [-0.3, -0.25) is 0 Å². The van der Waals surface area contributed by atoms with Crippen LogP contribution in [-0.2, 0) is 91.2 Å². The first-order valence-corrected chi connectivity index (χ1v) is 4.66. The minimum atomic E-state index is -0.763. The molecular weight excluding hydrogens is 530 g/mol. The molecule has 1 aliphatic rings. The van der Waals surface area contributed by atoms with Gasteiger partial charge in [-0.05, 0) is 6.42 Å². The van der Waals surface area contributed by atoms with Gasteiger partial charge in [-0.1, -0.05) is 13.3 Å². The zero-order valence-corrected chi connectivity index (χ0v) is 18.1. The van der Waals surface area contributed by atoms with E-state index in [0.717, 1.165) is 6.42 Å². The average Bonchev–Trinajstić information content (AvgIpc) is 2.41. The van der Waals surface area contributed by atoms with Crippen LogP contribution in [0.1, 0.15) is 19.8 Å². The van der Waals surface area contributed by atoms with Gasteiger partial charge in [0.2, 0.25) is 0 Å². The van der Waals surface area contributed by atoms with Crippen molar-refractivity contribution < 1.29 is 101 Å². The van der Waals surface area contributed by atoms with Crippen molar-refractivity contribution in [3.63, 3.8) is 0 Å². The summed E-state index contributed by atoms with van der Waals surface area (Å²) in [6.07, 6.45) is 2.83. The van der Waals surface area contributed by atoms with Crippen LogP contribution in [0.5, 0.6) is 0 Å². The van der Waals surface area contributed by atoms with E-state index < -0.39 is 12.2 Å². The van der Waals surface area contributed by atoms with Crippen molar-refractivity contribution in [2.75, 3.05) is 0 Å². The Morgan fingerprint density at radius 2 is 1.69 bits per heavy atom. The largest absolute Gasteiger partial charge is 0.388 e. The van der Waals surface area contributed by atoms with Gasteiger partial charge in [0.15, 0.2) is 0 Å². The smallest absolute Gasteiger partial charge is 0.108 e. The number of ether oxygens (including phenoxy) is 1. The number of allylic oxidation sites excluding steroid dienone is 1. The molecule has 0 aromatic carbocycles. The molecule has 0 spiro atoms. The van der Waals surface area contributed by atoms with Gasteiger partial charge in [0.25, 0.3) is 0 Å². The molecule has 1 aliphatic heterocycles. The minimum Gasteiger partial charge on any atom is -0.388 e. The molecule has 1 heterocycles. The maximum absolute atomic E-state index is 9.56. The van der Waals surface area contributed by atoms with Crippen LogP contribution in [0, 0.1) is 6.92 Å². The zero-order chi connectivity index (χ0) is 9.84. The SMILES string of the molecule is [CH2-]/C=C\C[C@@H]1O[C@H](CC)[C@@H](O)[C@H]1O.[W].[Y].[Y]. The first kappa shape index (κ1) is 23.5. The number of rotatable bonds is 3. The van der Waals surface area contributed by atoms with Crippen LogP contribution in [0.15, 0.2) is 12.2 Å². The van der Waals surface area contributed by atoms with Crippen molar-refractivity contribution in [2.24, 2.45) is 0 Å². The molecule has 16 heavy (non-hydrogen) atoms. The van der Waals surface area contributed by atoms with E-state index in [4.69, 9.17) is 4.74 Å². The molecule has 88 valence electrons. The zero-order valence-electron chi connectivity index (χ0n) is 9.45. The van der Waals surface area contributed by atoms with E-state index in [1.807, 2.05) is 13.0 Å². The molecule has 3 nitrogen and oxygen atoms in total. The average molecular weight is 547 g/mol. The molecule has 0 aromatic rings. The van der Waals surface area contributed by atoms with Crippen LogP contribution in [0.25, 0.3) is 0 Å². The normalized spacial score (nSPS) is 32.7. The summed E-state index contributed by atoms with van der Waals surface area (Å²) in [5.74, 6) is 0. The number of hydrogen-bond acceptors (Lipinski definition) is 3. The molecule has 1 saturated heterocycles. The van der Waals surface area contributed by atoms with Gasteiger partial charge in [0.05, 0.1) is 12.2 Å². The first-order valence-electron chi connectivity index (χ1n) is 4.66. The second-order valence-electron chi connectivity index (χ2n) is 3.31. The standard InChI is InChI=1S/C10H17O3.W.2Y/c1-3-5-6-8-10(12)9(11)7(4-2)13-8;;;/h3,5,7-12H,1,4,6H2,2H3;;;/q-1;;;/b5-3-;;;/t7-,8+,9-,10+;;;/m1.../s1. The number of aliphatic hydroxyl groups is 2. The van der Waals surface area contributed by atoms with Crippen LogP contribution in [0.3, 0.4) is 0 Å². The van der Waals surface area contributed by atoms with Gasteiger partial charge >= 0.3 is 0 Å². The Balaban J connectivity index is -0.000000563. The van der Waals surface area contributed by atoms with E-state index in [1.165, 1.54) is 0 Å². The number of aliphatic hydroxyl groups excluding tert-OH is 2. The van der Waals surface area contributed by atoms with E-state index in [0.29, 0.717) is 6.42 Å². The third-order valence-electron chi connectivity index (χ3n) is 2.40. The molecule has 0 amide bonds. The molecule has 0 unspecified atom stereocenters. The summed E-state index contributed by atoms with van der Waals surface area (Å²) in [6.45, 7) is 5.48. The molecule has 4 atom stereocenters. The van der Waals surface area contributed by atoms with Gasteiger partial charge < -0.3 is 14.9 Å². The predicted octanol–water partition coefficient (Wildman–Crippen LogP) is 0.658. The summed E-state index contributed by atoms with van der Waals surface area (Å²) in [4.78, 5) is 0. The second-order valence-corrected chi connectivity index (χ2v) is 3.31. The summed E-state index contributed by atoms with van der Waals surface area (Å²) in [7, 11) is 0. The molecular formula is C10H17O3WY2-. The summed E-state index contributed by atoms with van der Waals surface area (Å²) in [6, 6.07) is 0. The Morgan fingerprint density at radius 1 is 1.19 bits per heavy atom. The van der Waals surface area contributed by atoms with Crippen molar-refractivity contribution in [3.05, 3.63) is 19.1 Å². The molecule has 6 heteroatoms. The van der Waals surface area contributed by atoms with E-state index in [2.05, 4.69) is 6.92 Å². The topological polar surface area (TPSA) is 49.7 Å². The Labute approximate surface area is 162 Å². The predicted molar refractivity (Wildman–Crippen MR) is 50.1 cm³/mol. The Morgan fingerprint density at radius 3 is 2.06 bits per heavy atom. The monoisotopic (exact) mass is 547 g/mol. The number of hydrogen-bond donors (Lipinski definition) is 2. The van der Waals surface area contributed by atoms with Crippen molar-refractivity contribution in [1.82, 2.24) is 0 Å². The quantitative estimate of drug-likeness (QED) is 0.512. The fourth-order valence-corrected chi connectivity index (χ4v) is 1.59. The van der Waals surface area contributed by atoms with Crippen molar-refractivity contribution in [2.45, 2.75) is 44.2 Å². The van der Waals surface area contributed by atoms with Crippen LogP contribution in [0.4, 0.5) is 0 Å². The maximum atomic E-state index is 9.56. The molecule has 2 N–H and O–H groups in total. The molecule has 2 radical (unpaired) electrons. The molecule has 0 aromatic heterocycles. The summed E-state index contributed by atoms with van der Waals surface area (Å²) in [5, 5.41) is 19.1. The first-order chi connectivity index (χ1) is 6.20. The molecule has 0 bridgehead atoms. The third kappa shape index (κ3) is 6.52. The fourth-order valence-electron chi connectivity index (χ4n) is 1.59. The summed E-state index contributed by atoms with van der Waals surface area (Å²) < 4.78 is 5.46. The van der Waals surface area contributed by atoms with E-state index >= 15 is 0 Å². The Kier molecular flexibility index (Phi) is 18.2. The van der Waals surface area contributed by atoms with Crippen LogP contribution >= 0.6 is 0 Å². The summed E-state index contributed by atoms with van der Waals surface area (Å²) in [5.41, 5.74) is 0. The minimum absolute atomic E-state index is 0.